The second-order valence-electron chi connectivity index (χ2n) is 4.25. The molecule has 0 spiro atoms. The van der Waals surface area contributed by atoms with Gasteiger partial charge in [0.15, 0.2) is 0 Å². The van der Waals surface area contributed by atoms with Gasteiger partial charge >= 0.3 is 12.0 Å². The van der Waals surface area contributed by atoms with Gasteiger partial charge in [-0.05, 0) is 24.3 Å². The fourth-order valence-electron chi connectivity index (χ4n) is 1.72. The normalized spacial score (nSPS) is 10.2. The minimum Gasteiger partial charge on any atom is -0.478 e. The first-order valence-electron chi connectivity index (χ1n) is 6.02. The summed E-state index contributed by atoms with van der Waals surface area (Å²) in [5.41, 5.74) is 1.08. The van der Waals surface area contributed by atoms with Crippen molar-refractivity contribution in [2.75, 3.05) is 5.32 Å². The number of benzene rings is 1. The number of halogens is 1. The van der Waals surface area contributed by atoms with Crippen LogP contribution in [-0.4, -0.2) is 26.9 Å². The van der Waals surface area contributed by atoms with Crippen LogP contribution in [0.1, 0.15) is 16.1 Å². The fourth-order valence-corrected chi connectivity index (χ4v) is 2.08. The highest BCUT2D eigenvalue weighted by molar-refractivity contribution is 9.10. The Morgan fingerprint density at radius 1 is 1.38 bits per heavy atom. The summed E-state index contributed by atoms with van der Waals surface area (Å²) in [4.78, 5) is 23.0. The van der Waals surface area contributed by atoms with Crippen LogP contribution in [0.5, 0.6) is 0 Å². The van der Waals surface area contributed by atoms with Crippen LogP contribution in [0.2, 0.25) is 0 Å². The highest BCUT2D eigenvalue weighted by Gasteiger charge is 2.13. The lowest BCUT2D eigenvalue weighted by Gasteiger charge is -2.10. The number of amides is 2. The van der Waals surface area contributed by atoms with E-state index in [1.807, 2.05) is 0 Å². The number of urea groups is 1. The summed E-state index contributed by atoms with van der Waals surface area (Å²) in [6.45, 7) is 0.290. The van der Waals surface area contributed by atoms with Gasteiger partial charge in [0.25, 0.3) is 0 Å². The van der Waals surface area contributed by atoms with Gasteiger partial charge in [-0.1, -0.05) is 15.9 Å². The molecule has 2 aromatic rings. The van der Waals surface area contributed by atoms with Crippen LogP contribution in [0.15, 0.2) is 34.9 Å². The van der Waals surface area contributed by atoms with E-state index in [0.717, 1.165) is 5.69 Å². The smallest absolute Gasteiger partial charge is 0.337 e. The molecule has 3 N–H and O–H groups in total. The van der Waals surface area contributed by atoms with Crippen LogP contribution in [0.4, 0.5) is 10.5 Å². The van der Waals surface area contributed by atoms with Gasteiger partial charge in [-0.2, -0.15) is 5.10 Å². The van der Waals surface area contributed by atoms with Crippen LogP contribution in [-0.2, 0) is 13.6 Å². The van der Waals surface area contributed by atoms with E-state index in [1.165, 1.54) is 12.1 Å². The predicted molar refractivity (Wildman–Crippen MR) is 80.2 cm³/mol. The van der Waals surface area contributed by atoms with Crippen molar-refractivity contribution < 1.29 is 14.7 Å². The first-order valence-corrected chi connectivity index (χ1v) is 6.81. The van der Waals surface area contributed by atoms with Crippen molar-refractivity contribution in [2.45, 2.75) is 6.54 Å². The Kier molecular flexibility index (Phi) is 4.59. The number of hydrogen-bond acceptors (Lipinski definition) is 3. The van der Waals surface area contributed by atoms with Crippen molar-refractivity contribution in [3.8, 4) is 0 Å². The molecule has 2 amide bonds. The number of anilines is 1. The van der Waals surface area contributed by atoms with Crippen molar-refractivity contribution in [3.63, 3.8) is 0 Å². The molecular weight excluding hydrogens is 340 g/mol. The van der Waals surface area contributed by atoms with Gasteiger partial charge in [0.2, 0.25) is 0 Å². The summed E-state index contributed by atoms with van der Waals surface area (Å²) < 4.78 is 2.32. The minimum atomic E-state index is -1.11. The Hall–Kier alpha value is -2.35. The zero-order valence-electron chi connectivity index (χ0n) is 11.1. The van der Waals surface area contributed by atoms with E-state index in [2.05, 4.69) is 31.7 Å². The summed E-state index contributed by atoms with van der Waals surface area (Å²) >= 11 is 3.24. The molecule has 0 saturated heterocycles. The van der Waals surface area contributed by atoms with Crippen molar-refractivity contribution in [1.82, 2.24) is 15.1 Å². The molecule has 0 radical (unpaired) electrons. The first kappa shape index (κ1) is 15.0. The molecule has 0 fully saturated rings. The Labute approximate surface area is 129 Å². The number of aromatic nitrogens is 2. The SMILES string of the molecule is Cn1nccc1CNC(=O)Nc1cc(Br)ccc1C(=O)O. The lowest BCUT2D eigenvalue weighted by atomic mass is 10.2. The Morgan fingerprint density at radius 3 is 2.76 bits per heavy atom. The fraction of sp³-hybridized carbons (Fsp3) is 0.154. The molecule has 0 saturated carbocycles. The van der Waals surface area contributed by atoms with Crippen LogP contribution in [0, 0.1) is 0 Å². The van der Waals surface area contributed by atoms with Gasteiger partial charge in [-0.3, -0.25) is 4.68 Å². The largest absolute Gasteiger partial charge is 0.478 e. The van der Waals surface area contributed by atoms with E-state index in [1.54, 1.807) is 30.1 Å². The molecule has 0 aliphatic carbocycles. The molecule has 1 aromatic carbocycles. The van der Waals surface area contributed by atoms with Gasteiger partial charge in [0, 0.05) is 17.7 Å². The molecule has 0 unspecified atom stereocenters. The molecule has 0 aliphatic rings. The van der Waals surface area contributed by atoms with Crippen molar-refractivity contribution in [3.05, 3.63) is 46.2 Å². The Morgan fingerprint density at radius 2 is 2.14 bits per heavy atom. The second kappa shape index (κ2) is 6.40. The van der Waals surface area contributed by atoms with Crippen LogP contribution in [0.25, 0.3) is 0 Å². The predicted octanol–water partition coefficient (Wildman–Crippen LogP) is 2.20. The average molecular weight is 353 g/mol. The van der Waals surface area contributed by atoms with Crippen molar-refractivity contribution in [2.24, 2.45) is 7.05 Å². The van der Waals surface area contributed by atoms with Gasteiger partial charge in [0.1, 0.15) is 0 Å². The summed E-state index contributed by atoms with van der Waals surface area (Å²) in [6.07, 6.45) is 1.63. The average Bonchev–Trinajstić information content (AvgIpc) is 2.81. The number of carbonyl (C=O) groups excluding carboxylic acids is 1. The van der Waals surface area contributed by atoms with E-state index in [0.29, 0.717) is 11.0 Å². The number of nitrogens with zero attached hydrogens (tertiary/aromatic N) is 2. The maximum Gasteiger partial charge on any atom is 0.337 e. The lowest BCUT2D eigenvalue weighted by molar-refractivity contribution is 0.0698. The highest BCUT2D eigenvalue weighted by atomic mass is 79.9. The number of hydrogen-bond donors (Lipinski definition) is 3. The minimum absolute atomic E-state index is 0.0221. The molecule has 0 atom stereocenters. The molecule has 0 bridgehead atoms. The van der Waals surface area contributed by atoms with E-state index < -0.39 is 12.0 Å². The Balaban J connectivity index is 2.04. The maximum absolute atomic E-state index is 11.8. The quantitative estimate of drug-likeness (QED) is 0.785. The maximum atomic E-state index is 11.8. The van der Waals surface area contributed by atoms with Gasteiger partial charge in [-0.15, -0.1) is 0 Å². The lowest BCUT2D eigenvalue weighted by Crippen LogP contribution is -2.29. The molecule has 0 aliphatic heterocycles. The first-order chi connectivity index (χ1) is 9.97. The third kappa shape index (κ3) is 3.82. The van der Waals surface area contributed by atoms with E-state index in [4.69, 9.17) is 5.11 Å². The zero-order chi connectivity index (χ0) is 15.4. The highest BCUT2D eigenvalue weighted by Crippen LogP contribution is 2.21. The monoisotopic (exact) mass is 352 g/mol. The third-order valence-electron chi connectivity index (χ3n) is 2.81. The second-order valence-corrected chi connectivity index (χ2v) is 5.16. The Bertz CT molecular complexity index is 684. The summed E-state index contributed by atoms with van der Waals surface area (Å²) in [7, 11) is 1.77. The van der Waals surface area contributed by atoms with E-state index in [-0.39, 0.29) is 11.3 Å². The third-order valence-corrected chi connectivity index (χ3v) is 3.31. The number of carboxylic acid groups (broad SMARTS) is 1. The number of nitrogens with one attached hydrogen (secondary N) is 2. The van der Waals surface area contributed by atoms with Gasteiger partial charge in [0.05, 0.1) is 23.5 Å². The molecule has 7 nitrogen and oxygen atoms in total. The molecule has 110 valence electrons. The number of carboxylic acids is 1. The number of aryl methyl sites for hydroxylation is 1. The number of aromatic carboxylic acids is 1. The molecule has 1 heterocycles. The van der Waals surface area contributed by atoms with E-state index >= 15 is 0 Å². The number of carbonyl (C=O) groups is 2. The standard InChI is InChI=1S/C13H13BrN4O3/c1-18-9(4-5-16-18)7-15-13(21)17-11-6-8(14)2-3-10(11)12(19)20/h2-6H,7H2,1H3,(H,19,20)(H2,15,17,21). The molecule has 1 aromatic heterocycles. The van der Waals surface area contributed by atoms with E-state index in [9.17, 15) is 9.59 Å². The topological polar surface area (TPSA) is 96.3 Å². The summed E-state index contributed by atoms with van der Waals surface area (Å²) in [5.74, 6) is -1.11. The molecule has 2 rings (SSSR count). The van der Waals surface area contributed by atoms with Crippen LogP contribution >= 0.6 is 15.9 Å². The molecular formula is C13H13BrN4O3. The van der Waals surface area contributed by atoms with Gasteiger partial charge < -0.3 is 15.7 Å². The van der Waals surface area contributed by atoms with Crippen LogP contribution in [0.3, 0.4) is 0 Å². The zero-order valence-corrected chi connectivity index (χ0v) is 12.7. The summed E-state index contributed by atoms with van der Waals surface area (Å²) in [5, 5.41) is 18.2. The van der Waals surface area contributed by atoms with Crippen LogP contribution < -0.4 is 10.6 Å². The molecule has 8 heteroatoms. The molecule has 21 heavy (non-hydrogen) atoms. The summed E-state index contributed by atoms with van der Waals surface area (Å²) in [6, 6.07) is 5.84. The van der Waals surface area contributed by atoms with Crippen molar-refractivity contribution in [1.29, 1.82) is 0 Å². The number of rotatable bonds is 4. The van der Waals surface area contributed by atoms with Crippen molar-refractivity contribution >= 4 is 33.6 Å². The van der Waals surface area contributed by atoms with Gasteiger partial charge in [-0.25, -0.2) is 9.59 Å².